The summed E-state index contributed by atoms with van der Waals surface area (Å²) in [7, 11) is -1.78. The van der Waals surface area contributed by atoms with Gasteiger partial charge in [0.1, 0.15) is 23.2 Å². The zero-order valence-corrected chi connectivity index (χ0v) is 18.1. The summed E-state index contributed by atoms with van der Waals surface area (Å²) in [5, 5.41) is 6.49. The maximum Gasteiger partial charge on any atom is 0.137 e. The highest BCUT2D eigenvalue weighted by Gasteiger charge is 2.42. The second-order valence-corrected chi connectivity index (χ2v) is 9.95. The first kappa shape index (κ1) is 20.2. The van der Waals surface area contributed by atoms with E-state index in [-0.39, 0.29) is 24.0 Å². The van der Waals surface area contributed by atoms with Crippen molar-refractivity contribution in [3.63, 3.8) is 0 Å². The monoisotopic (exact) mass is 476 g/mol. The van der Waals surface area contributed by atoms with Crippen molar-refractivity contribution in [3.05, 3.63) is 102 Å². The Morgan fingerprint density at radius 1 is 0.680 bits per heavy atom. The molecule has 0 unspecified atom stereocenters. The van der Waals surface area contributed by atoms with E-state index in [1.165, 1.54) is 15.9 Å². The number of halogens is 1. The topological polar surface area (TPSA) is 0 Å². The van der Waals surface area contributed by atoms with Gasteiger partial charge in [-0.2, -0.15) is 0 Å². The summed E-state index contributed by atoms with van der Waals surface area (Å²) in [5.41, 5.74) is 0. The number of rotatable bonds is 6. The Bertz CT molecular complexity index is 676. The van der Waals surface area contributed by atoms with Crippen LogP contribution in [-0.4, -0.2) is 5.75 Å². The van der Waals surface area contributed by atoms with Gasteiger partial charge < -0.3 is 24.0 Å². The standard InChI is InChI=1S/C22H22PS.HI/c1-2-24-19-18-23(20-12-6-3-7-13-20,21-14-8-4-9-15-21)22-16-10-5-11-17-22;/h3-19H,2H2,1H3;1H/q+1;/p-1/b19-18+;. The van der Waals surface area contributed by atoms with Crippen LogP contribution in [0.4, 0.5) is 0 Å². The molecule has 3 rings (SSSR count). The molecule has 0 radical (unpaired) electrons. The smallest absolute Gasteiger partial charge is 0.137 e. The van der Waals surface area contributed by atoms with Gasteiger partial charge in [0.05, 0.1) is 5.82 Å². The minimum atomic E-state index is -1.78. The van der Waals surface area contributed by atoms with Gasteiger partial charge in [0, 0.05) is 5.41 Å². The molecule has 0 aliphatic heterocycles. The summed E-state index contributed by atoms with van der Waals surface area (Å²) < 4.78 is 0. The van der Waals surface area contributed by atoms with Crippen molar-refractivity contribution >= 4 is 34.9 Å². The predicted octanol–water partition coefficient (Wildman–Crippen LogP) is 2.21. The van der Waals surface area contributed by atoms with Crippen molar-refractivity contribution in [1.82, 2.24) is 0 Å². The average molecular weight is 476 g/mol. The molecule has 128 valence electrons. The quantitative estimate of drug-likeness (QED) is 0.389. The lowest BCUT2D eigenvalue weighted by Gasteiger charge is -2.23. The average Bonchev–Trinajstić information content (AvgIpc) is 2.68. The maximum absolute atomic E-state index is 2.46. The lowest BCUT2D eigenvalue weighted by Crippen LogP contribution is -3.00. The second-order valence-electron chi connectivity index (χ2n) is 5.47. The van der Waals surface area contributed by atoms with Crippen LogP contribution < -0.4 is 39.9 Å². The van der Waals surface area contributed by atoms with E-state index in [1.807, 2.05) is 11.8 Å². The largest absolute Gasteiger partial charge is 1.00 e. The molecule has 0 aliphatic rings. The number of hydrogen-bond donors (Lipinski definition) is 0. The Morgan fingerprint density at radius 3 is 1.36 bits per heavy atom. The van der Waals surface area contributed by atoms with Gasteiger partial charge in [0.2, 0.25) is 0 Å². The SMILES string of the molecule is CCS/C=C/[P+](c1ccccc1)(c1ccccc1)c1ccccc1.[I-]. The molecular formula is C22H22IPS. The minimum absolute atomic E-state index is 0. The molecule has 0 amide bonds. The lowest BCUT2D eigenvalue weighted by molar-refractivity contribution is -0.00000460. The van der Waals surface area contributed by atoms with Crippen LogP contribution in [0.5, 0.6) is 0 Å². The molecule has 0 nitrogen and oxygen atoms in total. The summed E-state index contributed by atoms with van der Waals surface area (Å²) in [6, 6.07) is 32.8. The number of benzene rings is 3. The second kappa shape index (κ2) is 10.2. The summed E-state index contributed by atoms with van der Waals surface area (Å²) >= 11 is 1.87. The molecule has 0 aromatic heterocycles. The van der Waals surface area contributed by atoms with Gasteiger partial charge in [-0.15, -0.1) is 11.8 Å². The Kier molecular flexibility index (Phi) is 8.21. The van der Waals surface area contributed by atoms with E-state index < -0.39 is 7.26 Å². The van der Waals surface area contributed by atoms with E-state index >= 15 is 0 Å². The van der Waals surface area contributed by atoms with Crippen LogP contribution in [0.15, 0.2) is 102 Å². The van der Waals surface area contributed by atoms with Gasteiger partial charge in [-0.05, 0) is 42.2 Å². The molecule has 0 saturated carbocycles. The van der Waals surface area contributed by atoms with Crippen molar-refractivity contribution < 1.29 is 24.0 Å². The van der Waals surface area contributed by atoms with Crippen molar-refractivity contribution in [3.8, 4) is 0 Å². The van der Waals surface area contributed by atoms with E-state index in [0.29, 0.717) is 0 Å². The third kappa shape index (κ3) is 4.55. The maximum atomic E-state index is 2.46. The van der Waals surface area contributed by atoms with Crippen LogP contribution in [0.25, 0.3) is 0 Å². The van der Waals surface area contributed by atoms with Gasteiger partial charge in [-0.1, -0.05) is 61.5 Å². The first-order chi connectivity index (χ1) is 11.9. The van der Waals surface area contributed by atoms with E-state index in [2.05, 4.69) is 109 Å². The van der Waals surface area contributed by atoms with Crippen molar-refractivity contribution in [2.45, 2.75) is 6.92 Å². The van der Waals surface area contributed by atoms with Crippen LogP contribution in [0, 0.1) is 0 Å². The fraction of sp³-hybridized carbons (Fsp3) is 0.0909. The highest BCUT2D eigenvalue weighted by molar-refractivity contribution is 8.03. The van der Waals surface area contributed by atoms with Crippen LogP contribution in [0.2, 0.25) is 0 Å². The Balaban J connectivity index is 0.00000225. The predicted molar refractivity (Wildman–Crippen MR) is 112 cm³/mol. The molecule has 0 spiro atoms. The molecule has 0 atom stereocenters. The Morgan fingerprint density at radius 2 is 1.04 bits per heavy atom. The summed E-state index contributed by atoms with van der Waals surface area (Å²) in [6.45, 7) is 2.20. The van der Waals surface area contributed by atoms with E-state index in [1.54, 1.807) is 0 Å². The minimum Gasteiger partial charge on any atom is -1.00 e. The highest BCUT2D eigenvalue weighted by Crippen LogP contribution is 2.57. The van der Waals surface area contributed by atoms with E-state index in [0.717, 1.165) is 5.75 Å². The zero-order valence-electron chi connectivity index (χ0n) is 14.3. The zero-order chi connectivity index (χ0) is 16.7. The van der Waals surface area contributed by atoms with Gasteiger partial charge in [0.15, 0.2) is 0 Å². The molecule has 0 N–H and O–H groups in total. The van der Waals surface area contributed by atoms with Crippen LogP contribution >= 0.6 is 19.0 Å². The Labute approximate surface area is 173 Å². The van der Waals surface area contributed by atoms with Gasteiger partial charge in [-0.25, -0.2) is 0 Å². The highest BCUT2D eigenvalue weighted by atomic mass is 127. The molecule has 3 aromatic rings. The fourth-order valence-corrected chi connectivity index (χ4v) is 7.53. The molecule has 0 saturated heterocycles. The van der Waals surface area contributed by atoms with Crippen LogP contribution in [0.1, 0.15) is 6.92 Å². The van der Waals surface area contributed by atoms with Crippen LogP contribution in [0.3, 0.4) is 0 Å². The molecule has 0 aliphatic carbocycles. The van der Waals surface area contributed by atoms with E-state index in [4.69, 9.17) is 0 Å². The van der Waals surface area contributed by atoms with E-state index in [9.17, 15) is 0 Å². The normalized spacial score (nSPS) is 11.2. The fourth-order valence-electron chi connectivity index (χ4n) is 2.93. The number of hydrogen-bond acceptors (Lipinski definition) is 1. The third-order valence-electron chi connectivity index (χ3n) is 4.04. The van der Waals surface area contributed by atoms with Crippen molar-refractivity contribution in [2.75, 3.05) is 5.75 Å². The summed E-state index contributed by atoms with van der Waals surface area (Å²) in [6.07, 6.45) is 0. The van der Waals surface area contributed by atoms with Gasteiger partial charge >= 0.3 is 0 Å². The molecule has 3 aromatic carbocycles. The van der Waals surface area contributed by atoms with Gasteiger partial charge in [-0.3, -0.25) is 0 Å². The molecule has 0 bridgehead atoms. The first-order valence-electron chi connectivity index (χ1n) is 8.23. The molecule has 3 heteroatoms. The van der Waals surface area contributed by atoms with Crippen molar-refractivity contribution in [2.24, 2.45) is 0 Å². The summed E-state index contributed by atoms with van der Waals surface area (Å²) in [4.78, 5) is 0. The molecule has 0 heterocycles. The number of thioether (sulfide) groups is 1. The summed E-state index contributed by atoms with van der Waals surface area (Å²) in [5.74, 6) is 3.55. The van der Waals surface area contributed by atoms with Gasteiger partial charge in [0.25, 0.3) is 0 Å². The van der Waals surface area contributed by atoms with Crippen molar-refractivity contribution in [1.29, 1.82) is 0 Å². The third-order valence-corrected chi connectivity index (χ3v) is 8.84. The van der Waals surface area contributed by atoms with Crippen LogP contribution in [-0.2, 0) is 0 Å². The molecule has 25 heavy (non-hydrogen) atoms. The lowest BCUT2D eigenvalue weighted by atomic mass is 10.4. The molecule has 0 fully saturated rings. The molecular weight excluding hydrogens is 454 g/mol. The Hall–Kier alpha value is -1.09. The first-order valence-corrected chi connectivity index (χ1v) is 11.1.